The predicted octanol–water partition coefficient (Wildman–Crippen LogP) is 0.409. The third-order valence-electron chi connectivity index (χ3n) is 3.42. The molecule has 0 aromatic heterocycles. The maximum absolute atomic E-state index is 11.8. The highest BCUT2D eigenvalue weighted by Gasteiger charge is 2.38. The largest absolute Gasteiger partial charge is 0.365 e. The van der Waals surface area contributed by atoms with Crippen LogP contribution in [0.4, 0.5) is 0 Å². The van der Waals surface area contributed by atoms with Gasteiger partial charge in [0.25, 0.3) is 5.91 Å². The molecule has 0 aromatic rings. The molecule has 4 heteroatoms. The molecule has 2 fully saturated rings. The molecule has 86 valence electrons. The Morgan fingerprint density at radius 1 is 1.67 bits per heavy atom. The van der Waals surface area contributed by atoms with Crippen LogP contribution in [0, 0.1) is 5.92 Å². The number of hydrogen-bond acceptors (Lipinski definition) is 3. The number of amides is 1. The Morgan fingerprint density at radius 3 is 2.93 bits per heavy atom. The van der Waals surface area contributed by atoms with Gasteiger partial charge < -0.3 is 15.8 Å². The van der Waals surface area contributed by atoms with Crippen LogP contribution in [0.5, 0.6) is 0 Å². The van der Waals surface area contributed by atoms with Crippen LogP contribution in [0.3, 0.4) is 0 Å². The number of carbonyl (C=O) groups is 1. The lowest BCUT2D eigenvalue weighted by Gasteiger charge is -2.23. The summed E-state index contributed by atoms with van der Waals surface area (Å²) in [6.07, 6.45) is 4.21. The lowest BCUT2D eigenvalue weighted by molar-refractivity contribution is -0.139. The third-order valence-corrected chi connectivity index (χ3v) is 3.42. The summed E-state index contributed by atoms with van der Waals surface area (Å²) < 4.78 is 5.46. The quantitative estimate of drug-likeness (QED) is 0.709. The van der Waals surface area contributed by atoms with E-state index in [1.54, 1.807) is 0 Å². The van der Waals surface area contributed by atoms with Crippen LogP contribution < -0.4 is 11.1 Å². The molecule has 3 N–H and O–H groups in total. The van der Waals surface area contributed by atoms with Crippen molar-refractivity contribution < 1.29 is 9.53 Å². The molecule has 0 radical (unpaired) electrons. The van der Waals surface area contributed by atoms with Gasteiger partial charge in [0.15, 0.2) is 0 Å². The van der Waals surface area contributed by atoms with Gasteiger partial charge in [-0.3, -0.25) is 4.79 Å². The van der Waals surface area contributed by atoms with Gasteiger partial charge in [0.05, 0.1) is 0 Å². The number of rotatable bonds is 4. The molecule has 0 aromatic carbocycles. The van der Waals surface area contributed by atoms with Crippen LogP contribution in [0.15, 0.2) is 0 Å². The minimum Gasteiger partial charge on any atom is -0.365 e. The van der Waals surface area contributed by atoms with E-state index < -0.39 is 5.60 Å². The molecule has 2 unspecified atom stereocenters. The van der Waals surface area contributed by atoms with Crippen molar-refractivity contribution in [2.45, 2.75) is 44.2 Å². The Kier molecular flexibility index (Phi) is 2.98. The summed E-state index contributed by atoms with van der Waals surface area (Å²) in [4.78, 5) is 11.8. The first kappa shape index (κ1) is 10.9. The van der Waals surface area contributed by atoms with Gasteiger partial charge in [-0.05, 0) is 38.5 Å². The van der Waals surface area contributed by atoms with E-state index in [1.807, 2.05) is 6.92 Å². The maximum Gasteiger partial charge on any atom is 0.252 e. The first-order valence-corrected chi connectivity index (χ1v) is 5.80. The summed E-state index contributed by atoms with van der Waals surface area (Å²) in [5.41, 5.74) is 5.31. The van der Waals surface area contributed by atoms with Crippen molar-refractivity contribution >= 4 is 5.91 Å². The monoisotopic (exact) mass is 212 g/mol. The zero-order chi connectivity index (χ0) is 10.9. The van der Waals surface area contributed by atoms with Crippen LogP contribution in [-0.4, -0.2) is 30.7 Å². The predicted molar refractivity (Wildman–Crippen MR) is 57.3 cm³/mol. The highest BCUT2D eigenvalue weighted by molar-refractivity contribution is 5.85. The minimum absolute atomic E-state index is 0.00361. The zero-order valence-electron chi connectivity index (χ0n) is 9.29. The molecular formula is C11H20N2O2. The summed E-state index contributed by atoms with van der Waals surface area (Å²) >= 11 is 0. The Morgan fingerprint density at radius 2 is 2.40 bits per heavy atom. The van der Waals surface area contributed by atoms with Crippen molar-refractivity contribution in [1.29, 1.82) is 0 Å². The molecule has 1 aliphatic heterocycles. The molecule has 2 atom stereocenters. The van der Waals surface area contributed by atoms with Crippen LogP contribution in [-0.2, 0) is 9.53 Å². The molecule has 1 heterocycles. The molecule has 0 spiro atoms. The van der Waals surface area contributed by atoms with Crippen molar-refractivity contribution in [2.75, 3.05) is 13.2 Å². The highest BCUT2D eigenvalue weighted by atomic mass is 16.5. The maximum atomic E-state index is 11.8. The van der Waals surface area contributed by atoms with Crippen molar-refractivity contribution in [1.82, 2.24) is 5.32 Å². The van der Waals surface area contributed by atoms with Crippen LogP contribution >= 0.6 is 0 Å². The Labute approximate surface area is 90.5 Å². The first-order chi connectivity index (χ1) is 7.12. The Balaban J connectivity index is 1.75. The van der Waals surface area contributed by atoms with E-state index in [2.05, 4.69) is 5.32 Å². The minimum atomic E-state index is -0.608. The Hall–Kier alpha value is -0.610. The van der Waals surface area contributed by atoms with Crippen LogP contribution in [0.1, 0.15) is 32.6 Å². The Bertz CT molecular complexity index is 245. The smallest absolute Gasteiger partial charge is 0.252 e. The van der Waals surface area contributed by atoms with Gasteiger partial charge in [-0.25, -0.2) is 0 Å². The molecule has 1 aliphatic carbocycles. The number of hydrogen-bond donors (Lipinski definition) is 2. The number of carbonyl (C=O) groups excluding carboxylic acids is 1. The SMILES string of the molecule is CC1(C(=O)NCC(N)C2CC2)CCCO1. The number of nitrogens with one attached hydrogen (secondary N) is 1. The number of nitrogens with two attached hydrogens (primary N) is 1. The van der Waals surface area contributed by atoms with E-state index in [0.717, 1.165) is 12.8 Å². The molecule has 4 nitrogen and oxygen atoms in total. The first-order valence-electron chi connectivity index (χ1n) is 5.80. The summed E-state index contributed by atoms with van der Waals surface area (Å²) in [5, 5.41) is 2.90. The van der Waals surface area contributed by atoms with E-state index in [9.17, 15) is 4.79 Å². The molecule has 1 saturated heterocycles. The van der Waals surface area contributed by atoms with Gasteiger partial charge in [0.1, 0.15) is 5.60 Å². The molecular weight excluding hydrogens is 192 g/mol. The summed E-state index contributed by atoms with van der Waals surface area (Å²) in [5.74, 6) is 0.624. The van der Waals surface area contributed by atoms with Crippen molar-refractivity contribution in [3.05, 3.63) is 0 Å². The summed E-state index contributed by atoms with van der Waals surface area (Å²) in [7, 11) is 0. The van der Waals surface area contributed by atoms with Gasteiger partial charge in [-0.2, -0.15) is 0 Å². The normalized spacial score (nSPS) is 32.7. The molecule has 2 rings (SSSR count). The summed E-state index contributed by atoms with van der Waals surface area (Å²) in [6.45, 7) is 3.14. The second kappa shape index (κ2) is 4.10. The van der Waals surface area contributed by atoms with Crippen LogP contribution in [0.25, 0.3) is 0 Å². The zero-order valence-corrected chi connectivity index (χ0v) is 9.29. The standard InChI is InChI=1S/C11H20N2O2/c1-11(5-2-6-15-11)10(14)13-7-9(12)8-3-4-8/h8-9H,2-7,12H2,1H3,(H,13,14). The molecule has 1 saturated carbocycles. The average molecular weight is 212 g/mol. The second-order valence-electron chi connectivity index (χ2n) is 4.89. The van der Waals surface area contributed by atoms with E-state index >= 15 is 0 Å². The second-order valence-corrected chi connectivity index (χ2v) is 4.89. The molecule has 1 amide bonds. The van der Waals surface area contributed by atoms with Gasteiger partial charge in [0.2, 0.25) is 0 Å². The van der Waals surface area contributed by atoms with Crippen molar-refractivity contribution in [2.24, 2.45) is 11.7 Å². The average Bonchev–Trinajstić information content (AvgIpc) is 2.98. The van der Waals surface area contributed by atoms with E-state index in [-0.39, 0.29) is 11.9 Å². The van der Waals surface area contributed by atoms with E-state index in [4.69, 9.17) is 10.5 Å². The van der Waals surface area contributed by atoms with E-state index in [1.165, 1.54) is 12.8 Å². The lowest BCUT2D eigenvalue weighted by atomic mass is 10.0. The fourth-order valence-corrected chi connectivity index (χ4v) is 2.05. The van der Waals surface area contributed by atoms with Gasteiger partial charge >= 0.3 is 0 Å². The fraction of sp³-hybridized carbons (Fsp3) is 0.909. The third kappa shape index (κ3) is 2.49. The van der Waals surface area contributed by atoms with Gasteiger partial charge in [-0.1, -0.05) is 0 Å². The number of ether oxygens (including phenoxy) is 1. The van der Waals surface area contributed by atoms with Crippen molar-refractivity contribution in [3.63, 3.8) is 0 Å². The topological polar surface area (TPSA) is 64.4 Å². The molecule has 2 aliphatic rings. The molecule has 15 heavy (non-hydrogen) atoms. The van der Waals surface area contributed by atoms with Crippen molar-refractivity contribution in [3.8, 4) is 0 Å². The highest BCUT2D eigenvalue weighted by Crippen LogP contribution is 2.31. The fourth-order valence-electron chi connectivity index (χ4n) is 2.05. The van der Waals surface area contributed by atoms with Gasteiger partial charge in [-0.15, -0.1) is 0 Å². The molecule has 0 bridgehead atoms. The van der Waals surface area contributed by atoms with Gasteiger partial charge in [0, 0.05) is 19.2 Å². The lowest BCUT2D eigenvalue weighted by Crippen LogP contribution is -2.48. The van der Waals surface area contributed by atoms with E-state index in [0.29, 0.717) is 19.1 Å². The summed E-state index contributed by atoms with van der Waals surface area (Å²) in [6, 6.07) is 0.124. The van der Waals surface area contributed by atoms with Crippen LogP contribution in [0.2, 0.25) is 0 Å².